The van der Waals surface area contributed by atoms with Crippen molar-refractivity contribution >= 4 is 23.4 Å². The minimum absolute atomic E-state index is 0.00387. The Morgan fingerprint density at radius 1 is 1.34 bits per heavy atom. The summed E-state index contributed by atoms with van der Waals surface area (Å²) in [5.41, 5.74) is 0.950. The molecule has 4 rings (SSSR count). The van der Waals surface area contributed by atoms with Crippen molar-refractivity contribution in [1.82, 2.24) is 9.97 Å². The number of amidine groups is 1. The zero-order valence-corrected chi connectivity index (χ0v) is 17.6. The van der Waals surface area contributed by atoms with Crippen LogP contribution in [0.1, 0.15) is 31.9 Å². The van der Waals surface area contributed by atoms with Gasteiger partial charge in [0.05, 0.1) is 6.20 Å². The Labute approximate surface area is 183 Å². The van der Waals surface area contributed by atoms with Gasteiger partial charge in [0.25, 0.3) is 0 Å². The van der Waals surface area contributed by atoms with E-state index in [1.165, 1.54) is 11.1 Å². The van der Waals surface area contributed by atoms with Crippen molar-refractivity contribution in [1.29, 1.82) is 0 Å². The van der Waals surface area contributed by atoms with E-state index in [2.05, 4.69) is 20.1 Å². The molecule has 32 heavy (non-hydrogen) atoms. The summed E-state index contributed by atoms with van der Waals surface area (Å²) in [7, 11) is 0. The van der Waals surface area contributed by atoms with Crippen LogP contribution in [0.25, 0.3) is 0 Å². The fourth-order valence-corrected chi connectivity index (χ4v) is 3.53. The van der Waals surface area contributed by atoms with Gasteiger partial charge in [0.2, 0.25) is 5.76 Å². The summed E-state index contributed by atoms with van der Waals surface area (Å²) in [6.07, 6.45) is 6.87. The average molecular weight is 436 g/mol. The molecular formula is C22H21FN6O3. The molecule has 0 atom stereocenters. The molecule has 0 bridgehead atoms. The molecule has 10 heteroatoms. The lowest BCUT2D eigenvalue weighted by Crippen LogP contribution is -2.46. The van der Waals surface area contributed by atoms with Gasteiger partial charge in [-0.3, -0.25) is 14.7 Å². The Kier molecular flexibility index (Phi) is 6.02. The van der Waals surface area contributed by atoms with Gasteiger partial charge in [-0.05, 0) is 19.1 Å². The highest BCUT2D eigenvalue weighted by Gasteiger charge is 2.35. The van der Waals surface area contributed by atoms with E-state index in [0.717, 1.165) is 11.8 Å². The van der Waals surface area contributed by atoms with Crippen LogP contribution in [0, 0.1) is 10.7 Å². The van der Waals surface area contributed by atoms with Crippen LogP contribution in [-0.2, 0) is 4.79 Å². The molecule has 2 aliphatic rings. The number of hydrogen-bond acceptors (Lipinski definition) is 7. The Morgan fingerprint density at radius 3 is 2.81 bits per heavy atom. The van der Waals surface area contributed by atoms with Crippen LogP contribution in [0.15, 0.2) is 64.9 Å². The molecule has 0 unspecified atom stereocenters. The van der Waals surface area contributed by atoms with E-state index in [0.29, 0.717) is 25.3 Å². The van der Waals surface area contributed by atoms with Crippen LogP contribution < -0.4 is 14.5 Å². The summed E-state index contributed by atoms with van der Waals surface area (Å²) in [6.45, 7) is 4.84. The molecule has 2 aromatic heterocycles. The Hall–Kier alpha value is -3.95. The maximum absolute atomic E-state index is 15.0. The van der Waals surface area contributed by atoms with Crippen molar-refractivity contribution in [3.05, 3.63) is 71.1 Å². The summed E-state index contributed by atoms with van der Waals surface area (Å²) in [4.78, 5) is 39.2. The minimum Gasteiger partial charge on any atom is -0.446 e. The second-order valence-electron chi connectivity index (χ2n) is 7.22. The highest BCUT2D eigenvalue weighted by molar-refractivity contribution is 6.03. The number of ether oxygens (including phenoxy) is 1. The van der Waals surface area contributed by atoms with Crippen molar-refractivity contribution in [3.8, 4) is 5.75 Å². The number of allylic oxidation sites excluding steroid dienone is 1. The number of anilines is 2. The smallest absolute Gasteiger partial charge is 0.353 e. The third kappa shape index (κ3) is 3.98. The van der Waals surface area contributed by atoms with Crippen molar-refractivity contribution in [3.63, 3.8) is 0 Å². The highest BCUT2D eigenvalue weighted by Crippen LogP contribution is 2.39. The topological polar surface area (TPSA) is 100 Å². The van der Waals surface area contributed by atoms with Gasteiger partial charge < -0.3 is 9.64 Å². The SMILES string of the molecule is C/C=C\N=C(CC)N1C=C(C(=O)N=O)Oc2cc(F)c(N3CC(c4ccccn4)C3)nc21. The first-order chi connectivity index (χ1) is 15.5. The first-order valence-corrected chi connectivity index (χ1v) is 10.2. The molecule has 0 N–H and O–H groups in total. The van der Waals surface area contributed by atoms with E-state index >= 15 is 0 Å². The molecule has 9 nitrogen and oxygen atoms in total. The molecule has 4 heterocycles. The monoisotopic (exact) mass is 436 g/mol. The number of pyridine rings is 2. The van der Waals surface area contributed by atoms with E-state index in [1.54, 1.807) is 18.5 Å². The van der Waals surface area contributed by atoms with Crippen molar-refractivity contribution in [2.45, 2.75) is 26.2 Å². The molecule has 1 saturated heterocycles. The summed E-state index contributed by atoms with van der Waals surface area (Å²) in [6, 6.07) is 6.89. The van der Waals surface area contributed by atoms with Gasteiger partial charge in [-0.2, -0.15) is 0 Å². The lowest BCUT2D eigenvalue weighted by Gasteiger charge is -2.40. The van der Waals surface area contributed by atoms with Crippen LogP contribution in [0.4, 0.5) is 16.0 Å². The van der Waals surface area contributed by atoms with Gasteiger partial charge in [0.15, 0.2) is 23.2 Å². The Morgan fingerprint density at radius 2 is 2.16 bits per heavy atom. The zero-order valence-electron chi connectivity index (χ0n) is 17.6. The van der Waals surface area contributed by atoms with E-state index in [-0.39, 0.29) is 29.1 Å². The quantitative estimate of drug-likeness (QED) is 0.398. The molecule has 1 fully saturated rings. The lowest BCUT2D eigenvalue weighted by atomic mass is 9.95. The maximum Gasteiger partial charge on any atom is 0.353 e. The summed E-state index contributed by atoms with van der Waals surface area (Å²) < 4.78 is 20.4. The number of nitrogens with zero attached hydrogens (tertiary/aromatic N) is 6. The van der Waals surface area contributed by atoms with Crippen LogP contribution >= 0.6 is 0 Å². The standard InChI is InChI=1S/C22H21FN6O3/c1-3-8-25-19(4-2)29-13-18(22(30)27-31)32-17-10-15(23)20(26-21(17)29)28-11-14(12-28)16-7-5-6-9-24-16/h3,5-10,13-14H,4,11-12H2,1-2H3/b8-3-,25-19?. The Balaban J connectivity index is 1.69. The van der Waals surface area contributed by atoms with Crippen LogP contribution in [-0.4, -0.2) is 34.8 Å². The molecule has 0 spiro atoms. The lowest BCUT2D eigenvalue weighted by molar-refractivity contribution is -0.116. The molecular weight excluding hydrogens is 415 g/mol. The van der Waals surface area contributed by atoms with E-state index in [1.807, 2.05) is 36.9 Å². The summed E-state index contributed by atoms with van der Waals surface area (Å²) in [5.74, 6) is -0.869. The molecule has 2 aromatic rings. The van der Waals surface area contributed by atoms with E-state index < -0.39 is 11.7 Å². The first kappa shape index (κ1) is 21.3. The number of aromatic nitrogens is 2. The number of carbonyl (C=O) groups excluding carboxylic acids is 1. The fourth-order valence-electron chi connectivity index (χ4n) is 3.53. The third-order valence-corrected chi connectivity index (χ3v) is 5.15. The first-order valence-electron chi connectivity index (χ1n) is 10.2. The van der Waals surface area contributed by atoms with Gasteiger partial charge in [-0.1, -0.05) is 19.1 Å². The third-order valence-electron chi connectivity index (χ3n) is 5.15. The molecule has 0 aliphatic carbocycles. The van der Waals surface area contributed by atoms with Crippen molar-refractivity contribution in [2.24, 2.45) is 10.2 Å². The predicted octanol–water partition coefficient (Wildman–Crippen LogP) is 3.89. The summed E-state index contributed by atoms with van der Waals surface area (Å²) in [5, 5.41) is 2.40. The van der Waals surface area contributed by atoms with Crippen LogP contribution in [0.5, 0.6) is 5.75 Å². The number of aliphatic imine (C=N–C) groups is 1. The second kappa shape index (κ2) is 9.04. The van der Waals surface area contributed by atoms with Crippen LogP contribution in [0.2, 0.25) is 0 Å². The molecule has 164 valence electrons. The molecule has 0 aromatic carbocycles. The number of nitroso groups, excluding NO2 is 1. The van der Waals surface area contributed by atoms with Gasteiger partial charge in [0, 0.05) is 54.8 Å². The van der Waals surface area contributed by atoms with Gasteiger partial charge in [0.1, 0.15) is 5.84 Å². The zero-order chi connectivity index (χ0) is 22.7. The molecule has 2 aliphatic heterocycles. The number of fused-ring (bicyclic) bond motifs is 1. The number of halogens is 1. The van der Waals surface area contributed by atoms with Gasteiger partial charge in [-0.25, -0.2) is 14.4 Å². The van der Waals surface area contributed by atoms with Gasteiger partial charge >= 0.3 is 5.91 Å². The summed E-state index contributed by atoms with van der Waals surface area (Å²) >= 11 is 0. The fraction of sp³-hybridized carbons (Fsp3) is 0.273. The van der Waals surface area contributed by atoms with E-state index in [4.69, 9.17) is 4.74 Å². The largest absolute Gasteiger partial charge is 0.446 e. The average Bonchev–Trinajstić information content (AvgIpc) is 2.79. The number of carbonyl (C=O) groups is 1. The molecule has 1 amide bonds. The van der Waals surface area contributed by atoms with Gasteiger partial charge in [-0.15, -0.1) is 4.91 Å². The van der Waals surface area contributed by atoms with E-state index in [9.17, 15) is 14.1 Å². The number of hydrogen-bond donors (Lipinski definition) is 0. The van der Waals surface area contributed by atoms with Crippen molar-refractivity contribution in [2.75, 3.05) is 22.9 Å². The highest BCUT2D eigenvalue weighted by atomic mass is 19.1. The molecule has 0 saturated carbocycles. The molecule has 0 radical (unpaired) electrons. The van der Waals surface area contributed by atoms with Crippen LogP contribution in [0.3, 0.4) is 0 Å². The second-order valence-corrected chi connectivity index (χ2v) is 7.22. The number of amides is 1. The van der Waals surface area contributed by atoms with Crippen molar-refractivity contribution < 1.29 is 13.9 Å². The maximum atomic E-state index is 15.0. The normalized spacial score (nSPS) is 16.3. The Bertz CT molecular complexity index is 1130. The number of rotatable bonds is 5. The predicted molar refractivity (Wildman–Crippen MR) is 118 cm³/mol. The minimum atomic E-state index is -1.10.